The molecule has 0 bridgehead atoms. The molecule has 4 N–H and O–H groups in total. The van der Waals surface area contributed by atoms with Crippen LogP contribution in [-0.2, 0) is 13.1 Å². The molecule has 292 valence electrons. The number of halogens is 4. The van der Waals surface area contributed by atoms with Gasteiger partial charge in [-0.2, -0.15) is 0 Å². The van der Waals surface area contributed by atoms with Gasteiger partial charge in [0.05, 0.1) is 26.1 Å². The quantitative estimate of drug-likeness (QED) is 0.157. The van der Waals surface area contributed by atoms with Gasteiger partial charge in [-0.15, -0.1) is 0 Å². The number of benzene rings is 4. The van der Waals surface area contributed by atoms with Crippen molar-refractivity contribution < 1.29 is 4.79 Å². The topological polar surface area (TPSA) is 76.9 Å². The first-order valence-corrected chi connectivity index (χ1v) is 20.3. The van der Waals surface area contributed by atoms with Crippen LogP contribution in [0.4, 0.5) is 4.79 Å². The highest BCUT2D eigenvalue weighted by Gasteiger charge is 2.28. The van der Waals surface area contributed by atoms with E-state index in [1.807, 2.05) is 61.2 Å². The molecule has 0 aromatic heterocycles. The number of carbonyl (C=O) groups is 1. The lowest BCUT2D eigenvalue weighted by Crippen LogP contribution is -2.50. The number of amides is 2. The average Bonchev–Trinajstić information content (AvgIpc) is 3.17. The Labute approximate surface area is 343 Å². The molecule has 4 aromatic carbocycles. The molecule has 4 aromatic rings. The highest BCUT2D eigenvalue weighted by Crippen LogP contribution is 2.31. The fourth-order valence-electron chi connectivity index (χ4n) is 6.60. The van der Waals surface area contributed by atoms with E-state index in [1.165, 1.54) is 31.5 Å². The monoisotopic (exact) mass is 812 g/mol. The summed E-state index contributed by atoms with van der Waals surface area (Å²) in [6.45, 7) is 9.87. The minimum absolute atomic E-state index is 0.0676. The van der Waals surface area contributed by atoms with E-state index in [-0.39, 0.29) is 24.2 Å². The summed E-state index contributed by atoms with van der Waals surface area (Å²) >= 11 is 24.1. The van der Waals surface area contributed by atoms with E-state index in [1.54, 1.807) is 12.1 Å². The van der Waals surface area contributed by atoms with Crippen LogP contribution in [0, 0.1) is 0 Å². The van der Waals surface area contributed by atoms with E-state index in [4.69, 9.17) is 52.1 Å². The van der Waals surface area contributed by atoms with Gasteiger partial charge in [0.15, 0.2) is 0 Å². The van der Waals surface area contributed by atoms with Crippen molar-refractivity contribution in [2.45, 2.75) is 76.8 Å². The van der Waals surface area contributed by atoms with Gasteiger partial charge in [0.25, 0.3) is 0 Å². The zero-order chi connectivity index (χ0) is 39.0. The summed E-state index contributed by atoms with van der Waals surface area (Å²) < 4.78 is 0. The van der Waals surface area contributed by atoms with Crippen molar-refractivity contribution in [2.75, 3.05) is 40.3 Å². The van der Waals surface area contributed by atoms with E-state index >= 15 is 0 Å². The largest absolute Gasteiger partial charge is 0.331 e. The van der Waals surface area contributed by atoms with Crippen LogP contribution < -0.4 is 16.4 Å². The lowest BCUT2D eigenvalue weighted by Gasteiger charge is -2.38. The molecular weight excluding hydrogens is 758 g/mol. The normalized spacial score (nSPS) is 16.6. The predicted molar refractivity (Wildman–Crippen MR) is 229 cm³/mol. The molecule has 2 atom stereocenters. The molecule has 2 unspecified atom stereocenters. The minimum Gasteiger partial charge on any atom is -0.331 e. The van der Waals surface area contributed by atoms with Gasteiger partial charge in [-0.1, -0.05) is 131 Å². The van der Waals surface area contributed by atoms with Gasteiger partial charge in [-0.05, 0) is 114 Å². The molecule has 11 heteroatoms. The standard InChI is InChI=1S/C22H27Cl2N3O.C13H20N2.C8H9Cl2N/c1-16(19-9-6-10-20(23)21(19)24)25-22(28)27(15-17-7-4-3-5-8-17)18-11-13-26(2)14-12-18;1-15-9-7-13(8-10-15)14-11-12-5-3-2-4-6-12;1-5(11)6-3-2-4-7(9)8(6)10/h3-10,16,18H,11-15H2,1-2H3,(H,25,28);2-6,13-14H,7-11H2,1H3;2-5H,11H2,1H3. The summed E-state index contributed by atoms with van der Waals surface area (Å²) in [5.74, 6) is 0. The Balaban J connectivity index is 0.000000207. The number of nitrogens with two attached hydrogens (primary N) is 1. The molecule has 2 fully saturated rings. The van der Waals surface area contributed by atoms with Gasteiger partial charge in [-0.3, -0.25) is 0 Å². The highest BCUT2D eigenvalue weighted by molar-refractivity contribution is 6.43. The lowest BCUT2D eigenvalue weighted by molar-refractivity contribution is 0.125. The van der Waals surface area contributed by atoms with Gasteiger partial charge in [0, 0.05) is 31.2 Å². The van der Waals surface area contributed by atoms with Gasteiger partial charge < -0.3 is 31.1 Å². The molecular formula is C43H56Cl4N6O. The summed E-state index contributed by atoms with van der Waals surface area (Å²) in [6.07, 6.45) is 4.51. The first-order chi connectivity index (χ1) is 25.9. The molecule has 0 spiro atoms. The van der Waals surface area contributed by atoms with E-state index in [9.17, 15) is 4.79 Å². The average molecular weight is 815 g/mol. The number of piperidine rings is 2. The maximum atomic E-state index is 13.2. The van der Waals surface area contributed by atoms with Gasteiger partial charge in [0.2, 0.25) is 0 Å². The second-order valence-electron chi connectivity index (χ2n) is 14.3. The zero-order valence-electron chi connectivity index (χ0n) is 32.0. The minimum atomic E-state index is -0.233. The SMILES string of the molecule is CC(N)c1cccc(Cl)c1Cl.CC(NC(=O)N(Cc1ccccc1)C1CCN(C)CC1)c1cccc(Cl)c1Cl.CN1CCC(NCc2ccccc2)CC1. The van der Waals surface area contributed by atoms with Crippen LogP contribution in [0.15, 0.2) is 97.1 Å². The molecule has 2 amide bonds. The Bertz CT molecular complexity index is 1700. The van der Waals surface area contributed by atoms with Crippen molar-refractivity contribution in [3.8, 4) is 0 Å². The lowest BCUT2D eigenvalue weighted by atomic mass is 10.0. The van der Waals surface area contributed by atoms with Crippen molar-refractivity contribution in [3.63, 3.8) is 0 Å². The molecule has 2 heterocycles. The fraction of sp³-hybridized carbons (Fsp3) is 0.419. The second kappa shape index (κ2) is 22.6. The number of likely N-dealkylation sites (tertiary alicyclic amines) is 2. The summed E-state index contributed by atoms with van der Waals surface area (Å²) in [5, 5.41) is 8.86. The number of nitrogens with zero attached hydrogens (tertiary/aromatic N) is 3. The molecule has 2 aliphatic rings. The number of hydrogen-bond acceptors (Lipinski definition) is 5. The Morgan fingerprint density at radius 3 is 1.70 bits per heavy atom. The maximum Gasteiger partial charge on any atom is 0.318 e. The van der Waals surface area contributed by atoms with Crippen LogP contribution in [0.1, 0.15) is 73.9 Å². The third-order valence-electron chi connectivity index (χ3n) is 10.0. The first kappa shape index (κ1) is 43.9. The smallest absolute Gasteiger partial charge is 0.318 e. The molecule has 0 radical (unpaired) electrons. The van der Waals surface area contributed by atoms with Gasteiger partial charge in [0.1, 0.15) is 0 Å². The van der Waals surface area contributed by atoms with E-state index in [2.05, 4.69) is 77.0 Å². The van der Waals surface area contributed by atoms with Crippen molar-refractivity contribution in [1.29, 1.82) is 0 Å². The summed E-state index contributed by atoms with van der Waals surface area (Å²) in [4.78, 5) is 19.9. The van der Waals surface area contributed by atoms with Crippen LogP contribution in [0.2, 0.25) is 20.1 Å². The summed E-state index contributed by atoms with van der Waals surface area (Å²) in [5.41, 5.74) is 9.87. The molecule has 2 saturated heterocycles. The molecule has 2 aliphatic heterocycles. The maximum absolute atomic E-state index is 13.2. The van der Waals surface area contributed by atoms with Crippen molar-refractivity contribution in [3.05, 3.63) is 139 Å². The number of urea groups is 1. The Hall–Kier alpha value is -2.85. The number of rotatable bonds is 9. The van der Waals surface area contributed by atoms with Crippen LogP contribution in [0.5, 0.6) is 0 Å². The highest BCUT2D eigenvalue weighted by atomic mass is 35.5. The Kier molecular flexibility index (Phi) is 18.4. The number of nitrogens with one attached hydrogen (secondary N) is 2. The number of hydrogen-bond donors (Lipinski definition) is 3. The van der Waals surface area contributed by atoms with Crippen LogP contribution >= 0.6 is 46.4 Å². The Morgan fingerprint density at radius 1 is 0.704 bits per heavy atom. The second-order valence-corrected chi connectivity index (χ2v) is 15.9. The van der Waals surface area contributed by atoms with Crippen LogP contribution in [-0.4, -0.2) is 73.1 Å². The van der Waals surface area contributed by atoms with Gasteiger partial charge in [-0.25, -0.2) is 4.79 Å². The van der Waals surface area contributed by atoms with E-state index < -0.39 is 0 Å². The van der Waals surface area contributed by atoms with Gasteiger partial charge >= 0.3 is 6.03 Å². The molecule has 0 saturated carbocycles. The van der Waals surface area contributed by atoms with Crippen molar-refractivity contribution in [1.82, 2.24) is 25.3 Å². The third kappa shape index (κ3) is 14.0. The van der Waals surface area contributed by atoms with Crippen molar-refractivity contribution in [2.24, 2.45) is 5.73 Å². The molecule has 6 rings (SSSR count). The number of carbonyl (C=O) groups excluding carboxylic acids is 1. The Morgan fingerprint density at radius 2 is 1.19 bits per heavy atom. The zero-order valence-corrected chi connectivity index (χ0v) is 35.0. The van der Waals surface area contributed by atoms with E-state index in [0.717, 1.165) is 49.2 Å². The van der Waals surface area contributed by atoms with Crippen LogP contribution in [0.3, 0.4) is 0 Å². The molecule has 54 heavy (non-hydrogen) atoms. The van der Waals surface area contributed by atoms with Crippen molar-refractivity contribution >= 4 is 52.4 Å². The first-order valence-electron chi connectivity index (χ1n) is 18.8. The van der Waals surface area contributed by atoms with E-state index in [0.29, 0.717) is 32.7 Å². The fourth-order valence-corrected chi connectivity index (χ4v) is 7.55. The summed E-state index contributed by atoms with van der Waals surface area (Å²) in [6, 6.07) is 32.3. The summed E-state index contributed by atoms with van der Waals surface area (Å²) in [7, 11) is 4.33. The third-order valence-corrected chi connectivity index (χ3v) is 11.7. The predicted octanol–water partition coefficient (Wildman–Crippen LogP) is 10.2. The molecule has 7 nitrogen and oxygen atoms in total. The molecule has 0 aliphatic carbocycles. The van der Waals surface area contributed by atoms with Crippen LogP contribution in [0.25, 0.3) is 0 Å².